The molecule has 1 aromatic carbocycles. The topological polar surface area (TPSA) is 80.6 Å². The van der Waals surface area contributed by atoms with Crippen LogP contribution in [0.1, 0.15) is 72.4 Å². The zero-order valence-electron chi connectivity index (χ0n) is 19.7. The minimum Gasteiger partial charge on any atom is -0.444 e. The number of alkyl carbamates (subject to hydrolysis) is 1. The van der Waals surface area contributed by atoms with Crippen molar-refractivity contribution in [3.05, 3.63) is 40.9 Å². The third-order valence-electron chi connectivity index (χ3n) is 6.17. The van der Waals surface area contributed by atoms with Crippen LogP contribution in [-0.4, -0.2) is 36.6 Å². The summed E-state index contributed by atoms with van der Waals surface area (Å²) in [5.74, 6) is 0. The third-order valence-corrected chi connectivity index (χ3v) is 6.17. The molecule has 1 aromatic rings. The van der Waals surface area contributed by atoms with E-state index in [1.807, 2.05) is 78.8 Å². The third kappa shape index (κ3) is 5.31. The standard InChI is InChI=1S/C24H33BN2O4/c1-21(2,3)29-20(28)27-15-19(25-30-22(4,5)23(6,7)31-25)14-17-8-10-18(11-9-17)24(16-26)12-13-24/h8-11,14H,12-13,15H2,1-7H3,(H,27,28). The van der Waals surface area contributed by atoms with E-state index in [1.165, 1.54) is 0 Å². The molecular formula is C24H33BN2O4. The summed E-state index contributed by atoms with van der Waals surface area (Å²) in [6.07, 6.45) is 3.31. The summed E-state index contributed by atoms with van der Waals surface area (Å²) in [6, 6.07) is 10.4. The van der Waals surface area contributed by atoms with Gasteiger partial charge in [-0.25, -0.2) is 4.79 Å². The summed E-state index contributed by atoms with van der Waals surface area (Å²) in [4.78, 5) is 12.2. The lowest BCUT2D eigenvalue weighted by atomic mass is 9.77. The first kappa shape index (κ1) is 23.4. The van der Waals surface area contributed by atoms with Crippen molar-refractivity contribution in [3.63, 3.8) is 0 Å². The van der Waals surface area contributed by atoms with Crippen molar-refractivity contribution >= 4 is 19.3 Å². The normalized spacial score (nSPS) is 21.4. The molecule has 1 amide bonds. The van der Waals surface area contributed by atoms with E-state index < -0.39 is 30.0 Å². The van der Waals surface area contributed by atoms with Crippen LogP contribution in [0.4, 0.5) is 4.79 Å². The number of amides is 1. The second-order valence-corrected chi connectivity index (χ2v) is 10.5. The van der Waals surface area contributed by atoms with Crippen LogP contribution < -0.4 is 5.32 Å². The van der Waals surface area contributed by atoms with Crippen LogP contribution in [0.2, 0.25) is 0 Å². The highest BCUT2D eigenvalue weighted by atomic mass is 16.7. The summed E-state index contributed by atoms with van der Waals surface area (Å²) in [6.45, 7) is 13.7. The van der Waals surface area contributed by atoms with Crippen molar-refractivity contribution < 1.29 is 18.8 Å². The van der Waals surface area contributed by atoms with E-state index in [9.17, 15) is 10.1 Å². The Labute approximate surface area is 186 Å². The average molecular weight is 424 g/mol. The average Bonchev–Trinajstić information content (AvgIpc) is 3.40. The minimum absolute atomic E-state index is 0.232. The lowest BCUT2D eigenvalue weighted by Gasteiger charge is -2.32. The number of hydrogen-bond donors (Lipinski definition) is 1. The van der Waals surface area contributed by atoms with Gasteiger partial charge in [0, 0.05) is 6.54 Å². The van der Waals surface area contributed by atoms with E-state index in [2.05, 4.69) is 11.4 Å². The maximum atomic E-state index is 12.2. The highest BCUT2D eigenvalue weighted by Crippen LogP contribution is 2.47. The molecule has 2 aliphatic rings. The molecule has 6 nitrogen and oxygen atoms in total. The van der Waals surface area contributed by atoms with Gasteiger partial charge in [0.1, 0.15) is 5.60 Å². The van der Waals surface area contributed by atoms with Crippen molar-refractivity contribution in [2.24, 2.45) is 0 Å². The van der Waals surface area contributed by atoms with Gasteiger partial charge < -0.3 is 19.4 Å². The van der Waals surface area contributed by atoms with E-state index in [0.717, 1.165) is 29.4 Å². The summed E-state index contributed by atoms with van der Waals surface area (Å²) in [7, 11) is -0.589. The van der Waals surface area contributed by atoms with Crippen molar-refractivity contribution in [1.29, 1.82) is 5.26 Å². The van der Waals surface area contributed by atoms with Crippen LogP contribution in [0.5, 0.6) is 0 Å². The number of nitriles is 1. The van der Waals surface area contributed by atoms with Gasteiger partial charge in [0.2, 0.25) is 0 Å². The second-order valence-electron chi connectivity index (χ2n) is 10.5. The van der Waals surface area contributed by atoms with Gasteiger partial charge >= 0.3 is 13.2 Å². The first-order chi connectivity index (χ1) is 14.3. The maximum absolute atomic E-state index is 12.2. The second kappa shape index (κ2) is 8.00. The summed E-state index contributed by atoms with van der Waals surface area (Å²) < 4.78 is 17.8. The summed E-state index contributed by atoms with van der Waals surface area (Å²) >= 11 is 0. The van der Waals surface area contributed by atoms with Gasteiger partial charge in [-0.05, 0) is 77.9 Å². The van der Waals surface area contributed by atoms with E-state index in [-0.39, 0.29) is 12.0 Å². The van der Waals surface area contributed by atoms with Gasteiger partial charge in [0.05, 0.1) is 22.7 Å². The lowest BCUT2D eigenvalue weighted by molar-refractivity contribution is 0.00578. The summed E-state index contributed by atoms with van der Waals surface area (Å²) in [5.41, 5.74) is 0.931. The molecule has 1 saturated heterocycles. The summed E-state index contributed by atoms with van der Waals surface area (Å²) in [5, 5.41) is 12.2. The van der Waals surface area contributed by atoms with Crippen LogP contribution in [-0.2, 0) is 19.5 Å². The van der Waals surface area contributed by atoms with Gasteiger partial charge in [-0.3, -0.25) is 0 Å². The first-order valence-corrected chi connectivity index (χ1v) is 10.8. The van der Waals surface area contributed by atoms with Crippen LogP contribution >= 0.6 is 0 Å². The van der Waals surface area contributed by atoms with Gasteiger partial charge in [0.25, 0.3) is 0 Å². The van der Waals surface area contributed by atoms with Crippen molar-refractivity contribution in [3.8, 4) is 6.07 Å². The fourth-order valence-corrected chi connectivity index (χ4v) is 3.39. The number of nitrogens with one attached hydrogen (secondary N) is 1. The predicted octanol–water partition coefficient (Wildman–Crippen LogP) is 4.78. The van der Waals surface area contributed by atoms with Crippen molar-refractivity contribution in [1.82, 2.24) is 5.32 Å². The van der Waals surface area contributed by atoms with Crippen LogP contribution in [0.25, 0.3) is 6.08 Å². The number of carbonyl (C=O) groups is 1. The quantitative estimate of drug-likeness (QED) is 0.688. The molecule has 1 heterocycles. The fraction of sp³-hybridized carbons (Fsp3) is 0.583. The Kier molecular flexibility index (Phi) is 6.03. The molecule has 1 saturated carbocycles. The molecule has 0 spiro atoms. The van der Waals surface area contributed by atoms with Gasteiger partial charge in [-0.1, -0.05) is 30.3 Å². The Morgan fingerprint density at radius 3 is 2.16 bits per heavy atom. The Bertz CT molecular complexity index is 887. The molecule has 166 valence electrons. The molecule has 1 N–H and O–H groups in total. The lowest BCUT2D eigenvalue weighted by Crippen LogP contribution is -2.41. The highest BCUT2D eigenvalue weighted by Gasteiger charge is 2.52. The maximum Gasteiger partial charge on any atom is 0.492 e. The van der Waals surface area contributed by atoms with Crippen molar-refractivity contribution in [2.45, 2.75) is 83.5 Å². The monoisotopic (exact) mass is 424 g/mol. The Balaban J connectivity index is 1.82. The van der Waals surface area contributed by atoms with Crippen molar-refractivity contribution in [2.75, 3.05) is 6.54 Å². The fourth-order valence-electron chi connectivity index (χ4n) is 3.39. The number of nitrogens with zero attached hydrogens (tertiary/aromatic N) is 1. The smallest absolute Gasteiger partial charge is 0.444 e. The van der Waals surface area contributed by atoms with E-state index >= 15 is 0 Å². The largest absolute Gasteiger partial charge is 0.492 e. The first-order valence-electron chi connectivity index (χ1n) is 10.8. The Morgan fingerprint density at radius 1 is 1.16 bits per heavy atom. The molecule has 7 heteroatoms. The zero-order valence-corrected chi connectivity index (χ0v) is 19.7. The Morgan fingerprint density at radius 2 is 1.71 bits per heavy atom. The highest BCUT2D eigenvalue weighted by molar-refractivity contribution is 6.56. The van der Waals surface area contributed by atoms with Gasteiger partial charge in [0.15, 0.2) is 0 Å². The zero-order chi connectivity index (χ0) is 23.1. The molecule has 0 radical (unpaired) electrons. The number of carbonyl (C=O) groups excluding carboxylic acids is 1. The van der Waals surface area contributed by atoms with E-state index in [1.54, 1.807) is 0 Å². The molecule has 3 rings (SSSR count). The Hall–Kier alpha value is -2.30. The number of benzene rings is 1. The molecule has 1 aliphatic carbocycles. The van der Waals surface area contributed by atoms with E-state index in [4.69, 9.17) is 14.0 Å². The molecular weight excluding hydrogens is 391 g/mol. The number of hydrogen-bond acceptors (Lipinski definition) is 5. The molecule has 0 aromatic heterocycles. The molecule has 1 aliphatic heterocycles. The molecule has 0 unspecified atom stereocenters. The molecule has 0 atom stereocenters. The predicted molar refractivity (Wildman–Crippen MR) is 121 cm³/mol. The van der Waals surface area contributed by atoms with Gasteiger partial charge in [-0.15, -0.1) is 0 Å². The van der Waals surface area contributed by atoms with Crippen LogP contribution in [0.3, 0.4) is 0 Å². The molecule has 2 fully saturated rings. The van der Waals surface area contributed by atoms with Crippen LogP contribution in [0, 0.1) is 11.3 Å². The SMILES string of the molecule is CC(C)(C)OC(=O)NCC(=Cc1ccc(C2(C#N)CC2)cc1)B1OC(C)(C)C(C)(C)O1. The van der Waals surface area contributed by atoms with Gasteiger partial charge in [-0.2, -0.15) is 5.26 Å². The molecule has 31 heavy (non-hydrogen) atoms. The van der Waals surface area contributed by atoms with Crippen LogP contribution in [0.15, 0.2) is 29.7 Å². The number of rotatable bonds is 5. The van der Waals surface area contributed by atoms with E-state index in [0.29, 0.717) is 0 Å². The number of ether oxygens (including phenoxy) is 1. The minimum atomic E-state index is -0.589. The molecule has 0 bridgehead atoms.